The normalized spacial score (nSPS) is 12.8. The molecule has 56 heavy (non-hydrogen) atoms. The second kappa shape index (κ2) is 24.9. The number of carboxylic acids is 1. The first-order valence-electron chi connectivity index (χ1n) is 18.6. The fraction of sp³-hybridized carbons (Fsp3) is 0.500. The van der Waals surface area contributed by atoms with Crippen molar-refractivity contribution in [3.05, 3.63) is 65.2 Å². The Labute approximate surface area is 327 Å². The summed E-state index contributed by atoms with van der Waals surface area (Å²) in [5.74, 6) is 2.58. The number of hydrogen-bond donors (Lipinski definition) is 5. The first kappa shape index (κ1) is 45.1. The van der Waals surface area contributed by atoms with Gasteiger partial charge in [-0.25, -0.2) is 0 Å². The van der Waals surface area contributed by atoms with Crippen molar-refractivity contribution < 1.29 is 52.8 Å². The lowest BCUT2D eigenvalue weighted by Crippen LogP contribution is -2.54. The van der Waals surface area contributed by atoms with Crippen molar-refractivity contribution in [2.24, 2.45) is 11.7 Å². The molecule has 2 atom stereocenters. The minimum atomic E-state index is -1.15. The Bertz CT molecular complexity index is 1690. The molecule has 0 saturated heterocycles. The molecule has 0 spiro atoms. The maximum absolute atomic E-state index is 13.3. The van der Waals surface area contributed by atoms with E-state index in [4.69, 9.17) is 29.8 Å². The number of hydrogen-bond acceptors (Lipinski definition) is 10. The lowest BCUT2D eigenvalue weighted by molar-refractivity contribution is -0.138. The minimum Gasteiger partial charge on any atom is -0.481 e. The van der Waals surface area contributed by atoms with Gasteiger partial charge >= 0.3 is 5.97 Å². The summed E-state index contributed by atoms with van der Waals surface area (Å²) >= 11 is 0. The van der Waals surface area contributed by atoms with Gasteiger partial charge in [-0.1, -0.05) is 56.0 Å². The van der Waals surface area contributed by atoms with Crippen molar-refractivity contribution in [1.29, 1.82) is 0 Å². The number of nitrogens with one attached hydrogen (secondary N) is 3. The van der Waals surface area contributed by atoms with Gasteiger partial charge in [0.25, 0.3) is 0 Å². The van der Waals surface area contributed by atoms with Gasteiger partial charge in [0, 0.05) is 43.4 Å². The summed E-state index contributed by atoms with van der Waals surface area (Å²) in [6.45, 7) is 6.14. The van der Waals surface area contributed by atoms with Crippen LogP contribution in [0.1, 0.15) is 62.6 Å². The molecule has 16 nitrogen and oxygen atoms in total. The number of carbonyl (C=O) groups is 6. The molecule has 0 radical (unpaired) electrons. The Morgan fingerprint density at radius 3 is 1.96 bits per heavy atom. The summed E-state index contributed by atoms with van der Waals surface area (Å²) in [6.07, 6.45) is -0.499. The molecule has 1 heterocycles. The predicted molar refractivity (Wildman–Crippen MR) is 205 cm³/mol. The minimum absolute atomic E-state index is 0.0455. The fourth-order valence-corrected chi connectivity index (χ4v) is 5.46. The van der Waals surface area contributed by atoms with E-state index in [1.807, 2.05) is 48.5 Å². The Kier molecular flexibility index (Phi) is 20.1. The third-order valence-electron chi connectivity index (χ3n) is 8.47. The lowest BCUT2D eigenvalue weighted by Gasteiger charge is -2.26. The van der Waals surface area contributed by atoms with Crippen molar-refractivity contribution in [2.45, 2.75) is 64.6 Å². The van der Waals surface area contributed by atoms with Gasteiger partial charge in [-0.3, -0.25) is 28.8 Å². The number of benzene rings is 2. The van der Waals surface area contributed by atoms with Crippen molar-refractivity contribution in [3.63, 3.8) is 0 Å². The summed E-state index contributed by atoms with van der Waals surface area (Å²) in [6, 6.07) is 13.1. The highest BCUT2D eigenvalue weighted by molar-refractivity contribution is 5.97. The van der Waals surface area contributed by atoms with Gasteiger partial charge in [-0.05, 0) is 36.1 Å². The van der Waals surface area contributed by atoms with E-state index in [9.17, 15) is 28.8 Å². The van der Waals surface area contributed by atoms with E-state index in [0.717, 1.165) is 22.4 Å². The van der Waals surface area contributed by atoms with Crippen LogP contribution in [0.15, 0.2) is 48.5 Å². The second-order valence-corrected chi connectivity index (χ2v) is 13.1. The molecular formula is C40H53N5O11. The fourth-order valence-electron chi connectivity index (χ4n) is 5.46. The van der Waals surface area contributed by atoms with Crippen LogP contribution >= 0.6 is 0 Å². The summed E-state index contributed by atoms with van der Waals surface area (Å²) in [4.78, 5) is 75.1. The van der Waals surface area contributed by atoms with E-state index < -0.39 is 35.8 Å². The number of fused-ring (bicyclic) bond motifs is 2. The summed E-state index contributed by atoms with van der Waals surface area (Å²) in [5.41, 5.74) is 8.64. The number of anilines is 1. The van der Waals surface area contributed by atoms with Crippen LogP contribution in [-0.2, 0) is 54.3 Å². The Hall–Kier alpha value is -5.34. The third kappa shape index (κ3) is 16.6. The highest BCUT2D eigenvalue weighted by Crippen LogP contribution is 2.26. The Balaban J connectivity index is 1.18. The number of ether oxygens (including phenoxy) is 4. The molecular weight excluding hydrogens is 726 g/mol. The van der Waals surface area contributed by atoms with E-state index in [-0.39, 0.29) is 76.3 Å². The number of carbonyl (C=O) groups excluding carboxylic acids is 5. The zero-order valence-corrected chi connectivity index (χ0v) is 32.0. The van der Waals surface area contributed by atoms with E-state index in [1.165, 1.54) is 0 Å². The molecule has 0 aromatic heterocycles. The third-order valence-corrected chi connectivity index (χ3v) is 8.47. The predicted octanol–water partition coefficient (Wildman–Crippen LogP) is 1.26. The van der Waals surface area contributed by atoms with E-state index in [2.05, 4.69) is 27.8 Å². The van der Waals surface area contributed by atoms with Crippen LogP contribution in [0.3, 0.4) is 0 Å². The van der Waals surface area contributed by atoms with Gasteiger partial charge in [-0.15, -0.1) is 0 Å². The molecule has 0 fully saturated rings. The standard InChI is InChI=1S/C40H53N5O11/c1-28(2)38(39(41)51)44-40(52)32(13-16-37(49)50)43-35(47)17-19-53-21-23-55-25-26-56-24-22-54-20-18-42-34(46)14-15-36(48)45-27-31-9-4-3-7-29(31)11-12-30-8-5-6-10-33(30)45/h3-10,28,32,38H,13-27H2,1-2H3,(H2,41,51)(H,42,46)(H,43,47)(H,44,52)(H,49,50)/t32-,38+/m1/s1. The number of amides is 5. The van der Waals surface area contributed by atoms with Crippen LogP contribution < -0.4 is 26.6 Å². The molecule has 5 amide bonds. The Morgan fingerprint density at radius 1 is 0.732 bits per heavy atom. The number of para-hydroxylation sites is 1. The molecule has 3 rings (SSSR count). The van der Waals surface area contributed by atoms with Crippen LogP contribution in [-0.4, -0.2) is 112 Å². The van der Waals surface area contributed by atoms with Crippen LogP contribution in [0, 0.1) is 17.8 Å². The number of aliphatic carboxylic acids is 1. The van der Waals surface area contributed by atoms with Crippen LogP contribution in [0.25, 0.3) is 0 Å². The number of primary amides is 1. The van der Waals surface area contributed by atoms with Gasteiger partial charge in [0.15, 0.2) is 0 Å². The van der Waals surface area contributed by atoms with Gasteiger partial charge in [-0.2, -0.15) is 0 Å². The monoisotopic (exact) mass is 779 g/mol. The molecule has 0 aliphatic carbocycles. The summed E-state index contributed by atoms with van der Waals surface area (Å²) in [5, 5.41) is 16.8. The zero-order valence-electron chi connectivity index (χ0n) is 32.0. The molecule has 0 unspecified atom stereocenters. The molecule has 0 bridgehead atoms. The van der Waals surface area contributed by atoms with Gasteiger partial charge in [0.05, 0.1) is 65.1 Å². The van der Waals surface area contributed by atoms with Gasteiger partial charge in [0.2, 0.25) is 29.5 Å². The average molecular weight is 780 g/mol. The van der Waals surface area contributed by atoms with E-state index >= 15 is 0 Å². The van der Waals surface area contributed by atoms with Crippen molar-refractivity contribution in [1.82, 2.24) is 16.0 Å². The maximum atomic E-state index is 13.3. The number of rotatable bonds is 26. The maximum Gasteiger partial charge on any atom is 0.303 e. The highest BCUT2D eigenvalue weighted by Gasteiger charge is 2.28. The number of nitrogens with zero attached hydrogens (tertiary/aromatic N) is 1. The van der Waals surface area contributed by atoms with Crippen LogP contribution in [0.5, 0.6) is 0 Å². The van der Waals surface area contributed by atoms with Gasteiger partial charge in [0.1, 0.15) is 12.1 Å². The van der Waals surface area contributed by atoms with E-state index in [1.54, 1.807) is 18.7 Å². The first-order chi connectivity index (χ1) is 27.0. The average Bonchev–Trinajstić information content (AvgIpc) is 3.16. The van der Waals surface area contributed by atoms with Crippen molar-refractivity contribution >= 4 is 41.2 Å². The SMILES string of the molecule is CC(C)[C@H](NC(=O)[C@@H](CCC(=O)O)NC(=O)CCOCCOCCOCCOCCNC(=O)CCC(=O)N1Cc2ccccc2C#Cc2ccccc21)C(N)=O. The highest BCUT2D eigenvalue weighted by atomic mass is 16.6. The van der Waals surface area contributed by atoms with Crippen molar-refractivity contribution in [3.8, 4) is 11.8 Å². The van der Waals surface area contributed by atoms with Crippen LogP contribution in [0.4, 0.5) is 5.69 Å². The second-order valence-electron chi connectivity index (χ2n) is 13.1. The summed E-state index contributed by atoms with van der Waals surface area (Å²) < 4.78 is 21.8. The van der Waals surface area contributed by atoms with Gasteiger partial charge < -0.3 is 50.6 Å². The molecule has 1 aliphatic rings. The summed E-state index contributed by atoms with van der Waals surface area (Å²) in [7, 11) is 0. The lowest BCUT2D eigenvalue weighted by atomic mass is 10.0. The molecule has 16 heteroatoms. The van der Waals surface area contributed by atoms with Crippen LogP contribution in [0.2, 0.25) is 0 Å². The molecule has 6 N–H and O–H groups in total. The Morgan fingerprint density at radius 2 is 1.32 bits per heavy atom. The topological polar surface area (TPSA) is 225 Å². The molecule has 0 saturated carbocycles. The smallest absolute Gasteiger partial charge is 0.303 e. The number of nitrogens with two attached hydrogens (primary N) is 1. The quantitative estimate of drug-likeness (QED) is 0.0675. The van der Waals surface area contributed by atoms with E-state index in [0.29, 0.717) is 39.5 Å². The molecule has 2 aromatic carbocycles. The zero-order chi connectivity index (χ0) is 40.7. The largest absolute Gasteiger partial charge is 0.481 e. The molecule has 1 aliphatic heterocycles. The number of carboxylic acid groups (broad SMARTS) is 1. The van der Waals surface area contributed by atoms with Crippen molar-refractivity contribution in [2.75, 3.05) is 64.3 Å². The molecule has 2 aromatic rings. The molecule has 304 valence electrons. The first-order valence-corrected chi connectivity index (χ1v) is 18.6.